The highest BCUT2D eigenvalue weighted by molar-refractivity contribution is 7.80. The largest absolute Gasteiger partial charge is 0.349 e. The summed E-state index contributed by atoms with van der Waals surface area (Å²) >= 11 is 4.22. The lowest BCUT2D eigenvalue weighted by Crippen LogP contribution is -2.41. The summed E-state index contributed by atoms with van der Waals surface area (Å²) in [5, 5.41) is 2.99. The number of carbonyl (C=O) groups is 1. The SMILES string of the molecule is CC(NC(=O)c1cccc(S)c1)C(C)(C)C. The number of thiol groups is 1. The highest BCUT2D eigenvalue weighted by Crippen LogP contribution is 2.19. The van der Waals surface area contributed by atoms with Crippen LogP contribution in [0.2, 0.25) is 0 Å². The number of rotatable bonds is 2. The average Bonchev–Trinajstić information content (AvgIpc) is 2.16. The summed E-state index contributed by atoms with van der Waals surface area (Å²) < 4.78 is 0. The third kappa shape index (κ3) is 3.56. The van der Waals surface area contributed by atoms with E-state index in [2.05, 4.69) is 38.7 Å². The van der Waals surface area contributed by atoms with Gasteiger partial charge in [0.1, 0.15) is 0 Å². The van der Waals surface area contributed by atoms with E-state index in [9.17, 15) is 4.79 Å². The van der Waals surface area contributed by atoms with Gasteiger partial charge >= 0.3 is 0 Å². The first-order valence-electron chi connectivity index (χ1n) is 5.40. The molecular weight excluding hydrogens is 218 g/mol. The molecule has 1 aromatic rings. The second-order valence-corrected chi connectivity index (χ2v) is 5.63. The Labute approximate surface area is 103 Å². The van der Waals surface area contributed by atoms with E-state index in [-0.39, 0.29) is 17.4 Å². The van der Waals surface area contributed by atoms with E-state index in [1.54, 1.807) is 12.1 Å². The molecule has 0 aliphatic rings. The number of benzene rings is 1. The van der Waals surface area contributed by atoms with Crippen molar-refractivity contribution in [2.45, 2.75) is 38.6 Å². The van der Waals surface area contributed by atoms with E-state index < -0.39 is 0 Å². The molecule has 3 heteroatoms. The Morgan fingerprint density at radius 1 is 1.38 bits per heavy atom. The smallest absolute Gasteiger partial charge is 0.251 e. The third-order valence-electron chi connectivity index (χ3n) is 2.75. The summed E-state index contributed by atoms with van der Waals surface area (Å²) in [7, 11) is 0. The Morgan fingerprint density at radius 3 is 2.50 bits per heavy atom. The monoisotopic (exact) mass is 237 g/mol. The third-order valence-corrected chi connectivity index (χ3v) is 3.03. The van der Waals surface area contributed by atoms with Crippen LogP contribution < -0.4 is 5.32 Å². The molecule has 0 heterocycles. The van der Waals surface area contributed by atoms with E-state index in [0.717, 1.165) is 4.90 Å². The van der Waals surface area contributed by atoms with Crippen molar-refractivity contribution >= 4 is 18.5 Å². The van der Waals surface area contributed by atoms with Gasteiger partial charge in [-0.15, -0.1) is 12.6 Å². The second kappa shape index (κ2) is 4.91. The van der Waals surface area contributed by atoms with Gasteiger partial charge in [-0.25, -0.2) is 0 Å². The standard InChI is InChI=1S/C13H19NOS/c1-9(13(2,3)4)14-12(15)10-6-5-7-11(16)8-10/h5-9,16H,1-4H3,(H,14,15). The van der Waals surface area contributed by atoms with Gasteiger partial charge in [-0.2, -0.15) is 0 Å². The van der Waals surface area contributed by atoms with E-state index >= 15 is 0 Å². The first-order valence-corrected chi connectivity index (χ1v) is 5.85. The molecule has 0 aromatic heterocycles. The van der Waals surface area contributed by atoms with Crippen LogP contribution in [0.3, 0.4) is 0 Å². The number of nitrogens with one attached hydrogen (secondary N) is 1. The first kappa shape index (κ1) is 13.1. The maximum absolute atomic E-state index is 11.9. The van der Waals surface area contributed by atoms with Gasteiger partial charge in [0, 0.05) is 16.5 Å². The Hall–Kier alpha value is -0.960. The van der Waals surface area contributed by atoms with Crippen LogP contribution in [0.25, 0.3) is 0 Å². The molecule has 0 fully saturated rings. The summed E-state index contributed by atoms with van der Waals surface area (Å²) in [6.45, 7) is 8.33. The Bertz CT molecular complexity index is 382. The van der Waals surface area contributed by atoms with Crippen molar-refractivity contribution in [3.05, 3.63) is 29.8 Å². The molecule has 0 aliphatic carbocycles. The van der Waals surface area contributed by atoms with Gasteiger partial charge < -0.3 is 5.32 Å². The topological polar surface area (TPSA) is 29.1 Å². The molecule has 1 amide bonds. The van der Waals surface area contributed by atoms with Crippen molar-refractivity contribution in [2.75, 3.05) is 0 Å². The molecule has 1 aromatic carbocycles. The van der Waals surface area contributed by atoms with Crippen LogP contribution in [-0.2, 0) is 0 Å². The van der Waals surface area contributed by atoms with Crippen molar-refractivity contribution in [3.8, 4) is 0 Å². The molecule has 0 aliphatic heterocycles. The molecule has 0 saturated heterocycles. The fraction of sp³-hybridized carbons (Fsp3) is 0.462. The van der Waals surface area contributed by atoms with Crippen molar-refractivity contribution in [3.63, 3.8) is 0 Å². The predicted octanol–water partition coefficient (Wildman–Crippen LogP) is 3.14. The van der Waals surface area contributed by atoms with Crippen LogP contribution in [0.5, 0.6) is 0 Å². The van der Waals surface area contributed by atoms with Crippen LogP contribution in [-0.4, -0.2) is 11.9 Å². The predicted molar refractivity (Wildman–Crippen MR) is 70.1 cm³/mol. The Kier molecular flexibility index (Phi) is 4.03. The Balaban J connectivity index is 2.74. The van der Waals surface area contributed by atoms with Crippen LogP contribution in [0.4, 0.5) is 0 Å². The highest BCUT2D eigenvalue weighted by Gasteiger charge is 2.21. The fourth-order valence-electron chi connectivity index (χ4n) is 1.14. The molecule has 0 saturated carbocycles. The zero-order chi connectivity index (χ0) is 12.3. The quantitative estimate of drug-likeness (QED) is 0.760. The van der Waals surface area contributed by atoms with Crippen LogP contribution in [0, 0.1) is 5.41 Å². The summed E-state index contributed by atoms with van der Waals surface area (Å²) in [6.07, 6.45) is 0. The lowest BCUT2D eigenvalue weighted by molar-refractivity contribution is 0.0910. The van der Waals surface area contributed by atoms with E-state index in [1.165, 1.54) is 0 Å². The molecule has 0 radical (unpaired) electrons. The molecule has 1 N–H and O–H groups in total. The molecule has 16 heavy (non-hydrogen) atoms. The minimum absolute atomic E-state index is 0.0432. The van der Waals surface area contributed by atoms with Crippen molar-refractivity contribution in [2.24, 2.45) is 5.41 Å². The van der Waals surface area contributed by atoms with Gasteiger partial charge in [-0.05, 0) is 30.5 Å². The van der Waals surface area contributed by atoms with Gasteiger partial charge in [-0.3, -0.25) is 4.79 Å². The molecule has 1 unspecified atom stereocenters. The maximum Gasteiger partial charge on any atom is 0.251 e. The van der Waals surface area contributed by atoms with Gasteiger partial charge in [0.25, 0.3) is 5.91 Å². The summed E-state index contributed by atoms with van der Waals surface area (Å²) in [5.74, 6) is -0.0432. The molecule has 1 rings (SSSR count). The molecule has 88 valence electrons. The summed E-state index contributed by atoms with van der Waals surface area (Å²) in [5.41, 5.74) is 0.720. The van der Waals surface area contributed by atoms with Crippen LogP contribution in [0.15, 0.2) is 29.2 Å². The zero-order valence-electron chi connectivity index (χ0n) is 10.2. The van der Waals surface area contributed by atoms with E-state index in [4.69, 9.17) is 0 Å². The number of hydrogen-bond acceptors (Lipinski definition) is 2. The van der Waals surface area contributed by atoms with Crippen LogP contribution in [0.1, 0.15) is 38.1 Å². The van der Waals surface area contributed by atoms with Crippen molar-refractivity contribution < 1.29 is 4.79 Å². The second-order valence-electron chi connectivity index (χ2n) is 5.11. The lowest BCUT2D eigenvalue weighted by Gasteiger charge is -2.28. The van der Waals surface area contributed by atoms with Crippen molar-refractivity contribution in [1.29, 1.82) is 0 Å². The fourth-order valence-corrected chi connectivity index (χ4v) is 1.37. The summed E-state index contributed by atoms with van der Waals surface area (Å²) in [4.78, 5) is 12.7. The molecule has 0 spiro atoms. The van der Waals surface area contributed by atoms with Gasteiger partial charge in [0.05, 0.1) is 0 Å². The van der Waals surface area contributed by atoms with Crippen molar-refractivity contribution in [1.82, 2.24) is 5.32 Å². The number of amides is 1. The highest BCUT2D eigenvalue weighted by atomic mass is 32.1. The average molecular weight is 237 g/mol. The molecule has 1 atom stereocenters. The number of hydrogen-bond donors (Lipinski definition) is 2. The lowest BCUT2D eigenvalue weighted by atomic mass is 9.88. The number of carbonyl (C=O) groups excluding carboxylic acids is 1. The van der Waals surface area contributed by atoms with E-state index in [1.807, 2.05) is 19.1 Å². The zero-order valence-corrected chi connectivity index (χ0v) is 11.1. The van der Waals surface area contributed by atoms with E-state index in [0.29, 0.717) is 5.56 Å². The minimum Gasteiger partial charge on any atom is -0.349 e. The van der Waals surface area contributed by atoms with Crippen LogP contribution >= 0.6 is 12.6 Å². The maximum atomic E-state index is 11.9. The summed E-state index contributed by atoms with van der Waals surface area (Å²) in [6, 6.07) is 7.38. The minimum atomic E-state index is -0.0432. The molecule has 0 bridgehead atoms. The first-order chi connectivity index (χ1) is 7.30. The molecular formula is C13H19NOS. The van der Waals surface area contributed by atoms with Gasteiger partial charge in [-0.1, -0.05) is 26.8 Å². The normalized spacial score (nSPS) is 13.3. The Morgan fingerprint density at radius 2 is 2.00 bits per heavy atom. The van der Waals surface area contributed by atoms with Gasteiger partial charge in [0.2, 0.25) is 0 Å². The van der Waals surface area contributed by atoms with Gasteiger partial charge in [0.15, 0.2) is 0 Å². The molecule has 2 nitrogen and oxygen atoms in total.